The van der Waals surface area contributed by atoms with Gasteiger partial charge < -0.3 is 20.7 Å². The first-order valence-corrected chi connectivity index (χ1v) is 7.64. The zero-order valence-electron chi connectivity index (χ0n) is 11.8. The van der Waals surface area contributed by atoms with Gasteiger partial charge in [-0.3, -0.25) is 4.79 Å². The SMILES string of the molecule is N[C@@H](CS)C(=O)N1Cc2[nH]c3ccccc3c2C[C@H]1C(=O)O. The predicted octanol–water partition coefficient (Wildman–Crippen LogP) is 0.763. The van der Waals surface area contributed by atoms with Gasteiger partial charge in [0.1, 0.15) is 6.04 Å². The second-order valence-electron chi connectivity index (χ2n) is 5.44. The van der Waals surface area contributed by atoms with Gasteiger partial charge in [-0.2, -0.15) is 12.6 Å². The molecule has 1 aliphatic rings. The molecular weight excluding hydrogens is 302 g/mol. The van der Waals surface area contributed by atoms with Crippen molar-refractivity contribution in [1.29, 1.82) is 0 Å². The average molecular weight is 319 g/mol. The number of thiol groups is 1. The quantitative estimate of drug-likeness (QED) is 0.628. The maximum atomic E-state index is 12.3. The van der Waals surface area contributed by atoms with Crippen LogP contribution in [0.15, 0.2) is 24.3 Å². The van der Waals surface area contributed by atoms with Crippen molar-refractivity contribution in [3.63, 3.8) is 0 Å². The number of rotatable bonds is 3. The first-order chi connectivity index (χ1) is 10.5. The van der Waals surface area contributed by atoms with E-state index in [-0.39, 0.29) is 24.6 Å². The van der Waals surface area contributed by atoms with Crippen molar-refractivity contribution in [1.82, 2.24) is 9.88 Å². The van der Waals surface area contributed by atoms with Crippen molar-refractivity contribution in [3.8, 4) is 0 Å². The summed E-state index contributed by atoms with van der Waals surface area (Å²) in [5, 5.41) is 10.5. The fraction of sp³-hybridized carbons (Fsp3) is 0.333. The largest absolute Gasteiger partial charge is 0.480 e. The molecule has 1 aliphatic heterocycles. The third-order valence-corrected chi connectivity index (χ3v) is 4.48. The molecule has 2 heterocycles. The van der Waals surface area contributed by atoms with Gasteiger partial charge in [-0.15, -0.1) is 0 Å². The summed E-state index contributed by atoms with van der Waals surface area (Å²) < 4.78 is 0. The molecular formula is C15H17N3O3S. The van der Waals surface area contributed by atoms with Crippen LogP contribution in [0.3, 0.4) is 0 Å². The van der Waals surface area contributed by atoms with Crippen molar-refractivity contribution in [2.45, 2.75) is 25.0 Å². The fourth-order valence-electron chi connectivity index (χ4n) is 2.95. The number of fused-ring (bicyclic) bond motifs is 3. The Balaban J connectivity index is 2.03. The number of amides is 1. The number of nitrogens with zero attached hydrogens (tertiary/aromatic N) is 1. The lowest BCUT2D eigenvalue weighted by atomic mass is 9.96. The smallest absolute Gasteiger partial charge is 0.326 e. The van der Waals surface area contributed by atoms with Gasteiger partial charge in [0.05, 0.1) is 12.6 Å². The maximum Gasteiger partial charge on any atom is 0.326 e. The zero-order chi connectivity index (χ0) is 15.9. The number of hydrogen-bond acceptors (Lipinski definition) is 4. The second kappa shape index (κ2) is 5.66. The summed E-state index contributed by atoms with van der Waals surface area (Å²) >= 11 is 4.02. The molecule has 2 aromatic rings. The zero-order valence-corrected chi connectivity index (χ0v) is 12.7. The molecule has 1 amide bonds. The first kappa shape index (κ1) is 14.9. The Bertz CT molecular complexity index is 743. The maximum absolute atomic E-state index is 12.3. The van der Waals surface area contributed by atoms with Gasteiger partial charge in [-0.25, -0.2) is 4.79 Å². The summed E-state index contributed by atoms with van der Waals surface area (Å²) in [6.07, 6.45) is 0.277. The summed E-state index contributed by atoms with van der Waals surface area (Å²) in [5.74, 6) is -1.22. The van der Waals surface area contributed by atoms with E-state index in [1.165, 1.54) is 4.90 Å². The molecule has 0 radical (unpaired) electrons. The second-order valence-corrected chi connectivity index (χ2v) is 5.81. The number of carboxylic acids is 1. The molecule has 4 N–H and O–H groups in total. The van der Waals surface area contributed by atoms with Gasteiger partial charge in [-0.1, -0.05) is 18.2 Å². The summed E-state index contributed by atoms with van der Waals surface area (Å²) in [6, 6.07) is 6.04. The summed E-state index contributed by atoms with van der Waals surface area (Å²) in [5.41, 5.74) is 8.52. The minimum Gasteiger partial charge on any atom is -0.480 e. The van der Waals surface area contributed by atoms with Crippen LogP contribution in [0.5, 0.6) is 0 Å². The first-order valence-electron chi connectivity index (χ1n) is 7.01. The minimum absolute atomic E-state index is 0.182. The van der Waals surface area contributed by atoms with E-state index in [0.717, 1.165) is 22.2 Å². The highest BCUT2D eigenvalue weighted by Crippen LogP contribution is 2.30. The van der Waals surface area contributed by atoms with Crippen molar-refractivity contribution in [2.24, 2.45) is 5.73 Å². The van der Waals surface area contributed by atoms with Crippen LogP contribution < -0.4 is 5.73 Å². The van der Waals surface area contributed by atoms with Gasteiger partial charge in [0, 0.05) is 28.8 Å². The third-order valence-electron chi connectivity index (χ3n) is 4.09. The van der Waals surface area contributed by atoms with Crippen LogP contribution in [0.25, 0.3) is 10.9 Å². The van der Waals surface area contributed by atoms with Crippen LogP contribution >= 0.6 is 12.6 Å². The van der Waals surface area contributed by atoms with Crippen molar-refractivity contribution in [2.75, 3.05) is 5.75 Å². The Kier molecular flexibility index (Phi) is 3.84. The lowest BCUT2D eigenvalue weighted by Gasteiger charge is -2.34. The number of nitrogens with two attached hydrogens (primary N) is 1. The Morgan fingerprint density at radius 2 is 2.18 bits per heavy atom. The molecule has 0 saturated heterocycles. The van der Waals surface area contributed by atoms with E-state index >= 15 is 0 Å². The number of aliphatic carboxylic acids is 1. The molecule has 0 aliphatic carbocycles. The Morgan fingerprint density at radius 3 is 2.86 bits per heavy atom. The normalized spacial score (nSPS) is 19.0. The van der Waals surface area contributed by atoms with E-state index in [1.54, 1.807) is 0 Å². The molecule has 1 aromatic carbocycles. The Labute approximate surface area is 132 Å². The number of aromatic amines is 1. The molecule has 116 valence electrons. The minimum atomic E-state index is -1.02. The molecule has 3 rings (SSSR count). The van der Waals surface area contributed by atoms with E-state index in [4.69, 9.17) is 5.73 Å². The topological polar surface area (TPSA) is 99.4 Å². The highest BCUT2D eigenvalue weighted by Gasteiger charge is 2.37. The molecule has 2 atom stereocenters. The Hall–Kier alpha value is -1.99. The molecule has 0 spiro atoms. The lowest BCUT2D eigenvalue weighted by Crippen LogP contribution is -2.54. The summed E-state index contributed by atoms with van der Waals surface area (Å²) in [7, 11) is 0. The van der Waals surface area contributed by atoms with Crippen LogP contribution in [0, 0.1) is 0 Å². The molecule has 1 aromatic heterocycles. The van der Waals surface area contributed by atoms with Crippen molar-refractivity contribution < 1.29 is 14.7 Å². The monoisotopic (exact) mass is 319 g/mol. The molecule has 0 fully saturated rings. The van der Waals surface area contributed by atoms with E-state index < -0.39 is 18.1 Å². The van der Waals surface area contributed by atoms with Crippen LogP contribution in [-0.4, -0.2) is 44.7 Å². The summed E-state index contributed by atoms with van der Waals surface area (Å²) in [4.78, 5) is 28.5. The summed E-state index contributed by atoms with van der Waals surface area (Å²) in [6.45, 7) is 0.224. The van der Waals surface area contributed by atoms with Gasteiger partial charge in [0.15, 0.2) is 0 Å². The fourth-order valence-corrected chi connectivity index (χ4v) is 3.11. The number of carboxylic acid groups (broad SMARTS) is 1. The predicted molar refractivity (Wildman–Crippen MR) is 85.8 cm³/mol. The van der Waals surface area contributed by atoms with Crippen molar-refractivity contribution in [3.05, 3.63) is 35.5 Å². The van der Waals surface area contributed by atoms with Gasteiger partial charge >= 0.3 is 5.97 Å². The van der Waals surface area contributed by atoms with Crippen LogP contribution in [0.4, 0.5) is 0 Å². The number of H-pyrrole nitrogens is 1. The number of carbonyl (C=O) groups is 2. The highest BCUT2D eigenvalue weighted by atomic mass is 32.1. The molecule has 22 heavy (non-hydrogen) atoms. The molecule has 0 unspecified atom stereocenters. The number of para-hydroxylation sites is 1. The van der Waals surface area contributed by atoms with Gasteiger partial charge in [0.25, 0.3) is 0 Å². The van der Waals surface area contributed by atoms with Crippen LogP contribution in [0.1, 0.15) is 11.3 Å². The number of benzene rings is 1. The number of aromatic nitrogens is 1. The van der Waals surface area contributed by atoms with E-state index in [1.807, 2.05) is 24.3 Å². The molecule has 0 bridgehead atoms. The Morgan fingerprint density at radius 1 is 1.45 bits per heavy atom. The lowest BCUT2D eigenvalue weighted by molar-refractivity contribution is -0.151. The van der Waals surface area contributed by atoms with E-state index in [0.29, 0.717) is 0 Å². The molecule has 6 nitrogen and oxygen atoms in total. The van der Waals surface area contributed by atoms with Gasteiger partial charge in [0.2, 0.25) is 5.91 Å². The number of hydrogen-bond donors (Lipinski definition) is 4. The van der Waals surface area contributed by atoms with Crippen LogP contribution in [-0.2, 0) is 22.6 Å². The third kappa shape index (κ3) is 2.36. The average Bonchev–Trinajstić information content (AvgIpc) is 2.89. The van der Waals surface area contributed by atoms with Crippen molar-refractivity contribution >= 4 is 35.4 Å². The highest BCUT2D eigenvalue weighted by molar-refractivity contribution is 7.80. The van der Waals surface area contributed by atoms with E-state index in [9.17, 15) is 14.7 Å². The number of carbonyl (C=O) groups excluding carboxylic acids is 1. The molecule has 7 heteroatoms. The number of nitrogens with one attached hydrogen (secondary N) is 1. The van der Waals surface area contributed by atoms with Gasteiger partial charge in [-0.05, 0) is 11.6 Å². The molecule has 0 saturated carbocycles. The standard InChI is InChI=1S/C15H17N3O3S/c16-10(7-22)14(19)18-6-12-9(5-13(18)15(20)21)8-3-1-2-4-11(8)17-12/h1-4,10,13,17,22H,5-7,16H2,(H,20,21)/t10-,13-/m0/s1. The van der Waals surface area contributed by atoms with Crippen LogP contribution in [0.2, 0.25) is 0 Å². The van der Waals surface area contributed by atoms with E-state index in [2.05, 4.69) is 17.6 Å².